The number of nitrogens with two attached hydrogens (primary N) is 4. The summed E-state index contributed by atoms with van der Waals surface area (Å²) in [6.07, 6.45) is 0. The molecule has 0 saturated heterocycles. The summed E-state index contributed by atoms with van der Waals surface area (Å²) in [5, 5.41) is 3.07. The fourth-order valence-corrected chi connectivity index (χ4v) is 1.51. The van der Waals surface area contributed by atoms with Gasteiger partial charge in [-0.1, -0.05) is 0 Å². The van der Waals surface area contributed by atoms with E-state index in [2.05, 4.69) is 0 Å². The van der Waals surface area contributed by atoms with E-state index in [4.69, 9.17) is 23.0 Å². The minimum absolute atomic E-state index is 0.249. The maximum atomic E-state index is 5.94. The van der Waals surface area contributed by atoms with E-state index in [0.29, 0.717) is 11.5 Å². The van der Waals surface area contributed by atoms with Gasteiger partial charge in [0.2, 0.25) is 0 Å². The summed E-state index contributed by atoms with van der Waals surface area (Å²) in [6, 6.07) is 0. The first kappa shape index (κ1) is 11.1. The molecule has 82 valence electrons. The van der Waals surface area contributed by atoms with Gasteiger partial charge in [-0.05, 0) is 27.7 Å². The average Bonchev–Trinajstić information content (AvgIpc) is 2.12. The van der Waals surface area contributed by atoms with Crippen LogP contribution in [0.4, 0.5) is 0 Å². The van der Waals surface area contributed by atoms with Crippen LogP contribution in [0.1, 0.15) is 27.7 Å². The molecule has 8 N–H and O–H groups in total. The summed E-state index contributed by atoms with van der Waals surface area (Å²) < 4.78 is 0. The van der Waals surface area contributed by atoms with Crippen LogP contribution >= 0.6 is 0 Å². The predicted octanol–water partition coefficient (Wildman–Crippen LogP) is -1.05. The summed E-state index contributed by atoms with van der Waals surface area (Å²) in [5.74, 6) is 6.28. The van der Waals surface area contributed by atoms with E-state index in [9.17, 15) is 0 Å². The molecule has 0 radical (unpaired) electrons. The molecule has 0 aromatic heterocycles. The standard InChI is InChI=1S/C8H20N6/c1-7(2,3)13-6(10)5(9)8(4,11)14(13)12/h9-12H2,1-4H3. The van der Waals surface area contributed by atoms with E-state index >= 15 is 0 Å². The number of hydrogen-bond donors (Lipinski definition) is 4. The zero-order valence-electron chi connectivity index (χ0n) is 9.20. The van der Waals surface area contributed by atoms with Crippen LogP contribution in [0, 0.1) is 0 Å². The summed E-state index contributed by atoms with van der Waals surface area (Å²) in [7, 11) is 0. The summed E-state index contributed by atoms with van der Waals surface area (Å²) in [5.41, 5.74) is 16.8. The van der Waals surface area contributed by atoms with Crippen LogP contribution in [0.15, 0.2) is 11.5 Å². The van der Waals surface area contributed by atoms with Gasteiger partial charge in [0.05, 0.1) is 11.2 Å². The molecule has 0 aromatic carbocycles. The van der Waals surface area contributed by atoms with Gasteiger partial charge in [-0.3, -0.25) is 5.01 Å². The zero-order valence-corrected chi connectivity index (χ0v) is 9.20. The van der Waals surface area contributed by atoms with Gasteiger partial charge in [0.1, 0.15) is 11.5 Å². The number of nitrogens with zero attached hydrogens (tertiary/aromatic N) is 2. The second kappa shape index (κ2) is 2.75. The van der Waals surface area contributed by atoms with E-state index in [1.807, 2.05) is 20.8 Å². The molecule has 0 fully saturated rings. The smallest absolute Gasteiger partial charge is 0.143 e. The SMILES string of the molecule is CC(C)(C)N1C(N)=C(N)C(C)(N)N1N. The molecular weight excluding hydrogens is 180 g/mol. The molecule has 0 aliphatic carbocycles. The normalized spacial score (nSPS) is 30.3. The molecule has 0 bridgehead atoms. The Morgan fingerprint density at radius 1 is 1.21 bits per heavy atom. The highest BCUT2D eigenvalue weighted by molar-refractivity contribution is 5.24. The number of hydrogen-bond acceptors (Lipinski definition) is 6. The summed E-state index contributed by atoms with van der Waals surface area (Å²) in [4.78, 5) is 0. The topological polar surface area (TPSA) is 111 Å². The fraction of sp³-hybridized carbons (Fsp3) is 0.750. The van der Waals surface area contributed by atoms with Crippen molar-refractivity contribution < 1.29 is 0 Å². The molecule has 6 heteroatoms. The van der Waals surface area contributed by atoms with Gasteiger partial charge in [0.15, 0.2) is 0 Å². The Morgan fingerprint density at radius 2 is 1.64 bits per heavy atom. The minimum Gasteiger partial charge on any atom is -0.396 e. The lowest BCUT2D eigenvalue weighted by Crippen LogP contribution is -2.64. The molecule has 1 aliphatic heterocycles. The predicted molar refractivity (Wildman–Crippen MR) is 55.6 cm³/mol. The zero-order chi connectivity index (χ0) is 11.3. The Balaban J connectivity index is 3.16. The number of rotatable bonds is 0. The monoisotopic (exact) mass is 200 g/mol. The highest BCUT2D eigenvalue weighted by Gasteiger charge is 2.46. The van der Waals surface area contributed by atoms with Crippen LogP contribution in [0.2, 0.25) is 0 Å². The van der Waals surface area contributed by atoms with Crippen molar-refractivity contribution in [2.75, 3.05) is 0 Å². The second-order valence-electron chi connectivity index (χ2n) is 4.77. The lowest BCUT2D eigenvalue weighted by molar-refractivity contribution is -0.0925. The first-order valence-corrected chi connectivity index (χ1v) is 4.50. The highest BCUT2D eigenvalue weighted by Crippen LogP contribution is 2.31. The molecule has 0 aromatic rings. The molecule has 1 rings (SSSR count). The first-order chi connectivity index (χ1) is 6.10. The summed E-state index contributed by atoms with van der Waals surface area (Å²) >= 11 is 0. The van der Waals surface area contributed by atoms with Crippen LogP contribution in [0.3, 0.4) is 0 Å². The van der Waals surface area contributed by atoms with Gasteiger partial charge in [0.25, 0.3) is 0 Å². The van der Waals surface area contributed by atoms with Crippen molar-refractivity contribution >= 4 is 0 Å². The Morgan fingerprint density at radius 3 is 1.79 bits per heavy atom. The molecule has 14 heavy (non-hydrogen) atoms. The van der Waals surface area contributed by atoms with Crippen molar-refractivity contribution in [2.24, 2.45) is 23.0 Å². The Bertz CT molecular complexity index is 274. The Kier molecular flexibility index (Phi) is 2.18. The van der Waals surface area contributed by atoms with E-state index in [1.54, 1.807) is 11.9 Å². The quantitative estimate of drug-likeness (QED) is 0.371. The molecule has 1 atom stereocenters. The van der Waals surface area contributed by atoms with Crippen molar-refractivity contribution in [1.29, 1.82) is 0 Å². The van der Waals surface area contributed by atoms with Gasteiger partial charge in [-0.25, -0.2) is 5.84 Å². The maximum Gasteiger partial charge on any atom is 0.143 e. The van der Waals surface area contributed by atoms with E-state index in [-0.39, 0.29) is 5.54 Å². The van der Waals surface area contributed by atoms with Crippen LogP contribution in [0.25, 0.3) is 0 Å². The minimum atomic E-state index is -0.919. The molecule has 6 nitrogen and oxygen atoms in total. The highest BCUT2D eigenvalue weighted by atomic mass is 15.8. The Labute approximate surface area is 84.4 Å². The fourth-order valence-electron chi connectivity index (χ4n) is 1.51. The third-order valence-electron chi connectivity index (χ3n) is 2.38. The Hall–Kier alpha value is -0.980. The van der Waals surface area contributed by atoms with Crippen LogP contribution < -0.4 is 23.0 Å². The van der Waals surface area contributed by atoms with Crippen LogP contribution in [-0.4, -0.2) is 21.3 Å². The van der Waals surface area contributed by atoms with E-state index in [0.717, 1.165) is 0 Å². The second-order valence-corrected chi connectivity index (χ2v) is 4.77. The van der Waals surface area contributed by atoms with Crippen LogP contribution in [0.5, 0.6) is 0 Å². The van der Waals surface area contributed by atoms with Crippen molar-refractivity contribution in [3.05, 3.63) is 11.5 Å². The molecule has 0 amide bonds. The molecule has 1 unspecified atom stereocenters. The van der Waals surface area contributed by atoms with E-state index < -0.39 is 5.66 Å². The average molecular weight is 200 g/mol. The van der Waals surface area contributed by atoms with Crippen molar-refractivity contribution in [3.8, 4) is 0 Å². The van der Waals surface area contributed by atoms with Gasteiger partial charge in [-0.2, -0.15) is 0 Å². The lowest BCUT2D eigenvalue weighted by Gasteiger charge is -2.42. The first-order valence-electron chi connectivity index (χ1n) is 4.50. The third-order valence-corrected chi connectivity index (χ3v) is 2.38. The largest absolute Gasteiger partial charge is 0.396 e. The molecule has 0 spiro atoms. The van der Waals surface area contributed by atoms with Crippen molar-refractivity contribution in [2.45, 2.75) is 38.9 Å². The van der Waals surface area contributed by atoms with Gasteiger partial charge >= 0.3 is 0 Å². The lowest BCUT2D eigenvalue weighted by atomic mass is 10.1. The maximum absolute atomic E-state index is 5.94. The van der Waals surface area contributed by atoms with Gasteiger partial charge < -0.3 is 17.2 Å². The van der Waals surface area contributed by atoms with Gasteiger partial charge in [-0.15, -0.1) is 5.12 Å². The molecule has 1 aliphatic rings. The molecular formula is C8H20N6. The molecule has 0 saturated carbocycles. The summed E-state index contributed by atoms with van der Waals surface area (Å²) in [6.45, 7) is 7.66. The van der Waals surface area contributed by atoms with E-state index in [1.165, 1.54) is 5.12 Å². The van der Waals surface area contributed by atoms with Crippen LogP contribution in [-0.2, 0) is 0 Å². The van der Waals surface area contributed by atoms with Crippen molar-refractivity contribution in [1.82, 2.24) is 10.1 Å². The third kappa shape index (κ3) is 1.31. The molecule has 1 heterocycles. The number of hydrazine groups is 2. The van der Waals surface area contributed by atoms with Gasteiger partial charge in [0, 0.05) is 0 Å². The van der Waals surface area contributed by atoms with Crippen molar-refractivity contribution in [3.63, 3.8) is 0 Å².